The van der Waals surface area contributed by atoms with Crippen molar-refractivity contribution in [2.45, 2.75) is 31.3 Å². The summed E-state index contributed by atoms with van der Waals surface area (Å²) < 4.78 is 5.61. The van der Waals surface area contributed by atoms with E-state index in [1.807, 2.05) is 29.2 Å². The molecule has 0 aliphatic carbocycles. The lowest BCUT2D eigenvalue weighted by atomic mass is 10.1. The Morgan fingerprint density at radius 3 is 2.91 bits per heavy atom. The van der Waals surface area contributed by atoms with Crippen LogP contribution in [0, 0.1) is 0 Å². The van der Waals surface area contributed by atoms with E-state index in [0.717, 1.165) is 19.5 Å². The molecule has 1 aromatic rings. The van der Waals surface area contributed by atoms with Gasteiger partial charge in [0.05, 0.1) is 5.56 Å². The molecule has 2 fully saturated rings. The molecule has 0 saturated carbocycles. The summed E-state index contributed by atoms with van der Waals surface area (Å²) in [6.07, 6.45) is 5.14. The van der Waals surface area contributed by atoms with Gasteiger partial charge in [0.1, 0.15) is 12.4 Å². The second kappa shape index (κ2) is 7.65. The summed E-state index contributed by atoms with van der Waals surface area (Å²) in [4.78, 5) is 14.8. The van der Waals surface area contributed by atoms with Crippen molar-refractivity contribution in [1.82, 2.24) is 10.2 Å². The summed E-state index contributed by atoms with van der Waals surface area (Å²) in [5.41, 5.74) is 0.650. The van der Waals surface area contributed by atoms with Gasteiger partial charge in [-0.15, -0.1) is 12.4 Å². The van der Waals surface area contributed by atoms with Crippen LogP contribution in [0.15, 0.2) is 36.9 Å². The number of fused-ring (bicyclic) bond motifs is 2. The highest BCUT2D eigenvalue weighted by molar-refractivity contribution is 5.97. The molecular weight excluding hydrogens is 300 g/mol. The van der Waals surface area contributed by atoms with Crippen LogP contribution in [0.1, 0.15) is 29.6 Å². The highest BCUT2D eigenvalue weighted by Gasteiger charge is 2.32. The number of carbonyl (C=O) groups excluding carboxylic acids is 1. The number of likely N-dealkylation sites (tertiary alicyclic amines) is 1. The summed E-state index contributed by atoms with van der Waals surface area (Å²) in [5, 5.41) is 3.60. The lowest BCUT2D eigenvalue weighted by Gasteiger charge is -2.25. The first-order chi connectivity index (χ1) is 10.3. The van der Waals surface area contributed by atoms with Gasteiger partial charge in [0, 0.05) is 25.2 Å². The molecule has 4 nitrogen and oxygen atoms in total. The van der Waals surface area contributed by atoms with E-state index in [1.54, 1.807) is 6.08 Å². The van der Waals surface area contributed by atoms with Gasteiger partial charge in [0.15, 0.2) is 0 Å². The zero-order valence-electron chi connectivity index (χ0n) is 12.7. The number of amides is 1. The average molecular weight is 323 g/mol. The Bertz CT molecular complexity index is 535. The Balaban J connectivity index is 0.00000176. The molecule has 0 radical (unpaired) electrons. The highest BCUT2D eigenvalue weighted by Crippen LogP contribution is 2.24. The van der Waals surface area contributed by atoms with Crippen LogP contribution in [-0.2, 0) is 0 Å². The van der Waals surface area contributed by atoms with Gasteiger partial charge in [0.2, 0.25) is 0 Å². The van der Waals surface area contributed by atoms with E-state index in [-0.39, 0.29) is 18.3 Å². The van der Waals surface area contributed by atoms with E-state index >= 15 is 0 Å². The van der Waals surface area contributed by atoms with Gasteiger partial charge in [-0.05, 0) is 31.4 Å². The molecule has 0 spiro atoms. The predicted octanol–water partition coefficient (Wildman–Crippen LogP) is 2.64. The minimum atomic E-state index is 0. The van der Waals surface area contributed by atoms with Crippen LogP contribution in [-0.4, -0.2) is 42.6 Å². The van der Waals surface area contributed by atoms with Crippen molar-refractivity contribution in [2.24, 2.45) is 0 Å². The molecule has 2 atom stereocenters. The van der Waals surface area contributed by atoms with E-state index < -0.39 is 0 Å². The third-order valence-corrected chi connectivity index (χ3v) is 4.28. The van der Waals surface area contributed by atoms with Gasteiger partial charge in [0.25, 0.3) is 5.91 Å². The summed E-state index contributed by atoms with van der Waals surface area (Å²) in [6.45, 7) is 5.68. The number of hydrogen-bond donors (Lipinski definition) is 1. The Kier molecular flexibility index (Phi) is 5.86. The van der Waals surface area contributed by atoms with Gasteiger partial charge in [-0.3, -0.25) is 4.79 Å². The molecule has 2 aliphatic rings. The zero-order valence-corrected chi connectivity index (χ0v) is 13.5. The summed E-state index contributed by atoms with van der Waals surface area (Å²) in [6, 6.07) is 8.50. The third kappa shape index (κ3) is 3.62. The molecule has 1 N–H and O–H groups in total. The molecule has 5 heteroatoms. The fraction of sp³-hybridized carbons (Fsp3) is 0.471. The maximum atomic E-state index is 12.8. The Morgan fingerprint density at radius 2 is 2.09 bits per heavy atom. The second-order valence-electron chi connectivity index (χ2n) is 5.77. The van der Waals surface area contributed by atoms with Crippen molar-refractivity contribution in [1.29, 1.82) is 0 Å². The number of hydrogen-bond acceptors (Lipinski definition) is 3. The quantitative estimate of drug-likeness (QED) is 0.866. The molecular formula is C17H23ClN2O2. The van der Waals surface area contributed by atoms with E-state index in [0.29, 0.717) is 30.0 Å². The van der Waals surface area contributed by atoms with Crippen molar-refractivity contribution in [2.75, 3.05) is 19.7 Å². The third-order valence-electron chi connectivity index (χ3n) is 4.28. The number of halogens is 1. The first-order valence-corrected chi connectivity index (χ1v) is 7.66. The van der Waals surface area contributed by atoms with Crippen LogP contribution < -0.4 is 10.1 Å². The van der Waals surface area contributed by atoms with Crippen molar-refractivity contribution in [3.8, 4) is 5.75 Å². The van der Waals surface area contributed by atoms with Crippen LogP contribution in [0.25, 0.3) is 0 Å². The maximum absolute atomic E-state index is 12.8. The van der Waals surface area contributed by atoms with Crippen molar-refractivity contribution in [3.05, 3.63) is 42.5 Å². The number of benzene rings is 1. The van der Waals surface area contributed by atoms with Crippen LogP contribution in [0.5, 0.6) is 5.75 Å². The first kappa shape index (κ1) is 16.8. The SMILES string of the molecule is C=CCOc1ccccc1C(=O)N1CCC2CCC(C1)N2.Cl. The monoisotopic (exact) mass is 322 g/mol. The minimum absolute atomic E-state index is 0. The standard InChI is InChI=1S/C17H22N2O2.ClH/c1-2-11-21-16-6-4-3-5-15(16)17(20)19-10-9-13-7-8-14(12-19)18-13;/h2-6,13-14,18H,1,7-12H2;1H. The lowest BCUT2D eigenvalue weighted by molar-refractivity contribution is 0.0744. The molecule has 120 valence electrons. The summed E-state index contributed by atoms with van der Waals surface area (Å²) >= 11 is 0. The molecule has 1 amide bonds. The molecule has 22 heavy (non-hydrogen) atoms. The van der Waals surface area contributed by atoms with Gasteiger partial charge in [-0.1, -0.05) is 24.8 Å². The number of nitrogens with zero attached hydrogens (tertiary/aromatic N) is 1. The Labute approximate surface area is 137 Å². The number of nitrogens with one attached hydrogen (secondary N) is 1. The zero-order chi connectivity index (χ0) is 14.7. The first-order valence-electron chi connectivity index (χ1n) is 7.66. The van der Waals surface area contributed by atoms with Gasteiger partial charge < -0.3 is 15.0 Å². The molecule has 2 bridgehead atoms. The molecule has 0 aromatic heterocycles. The largest absolute Gasteiger partial charge is 0.489 e. The van der Waals surface area contributed by atoms with E-state index in [9.17, 15) is 4.79 Å². The maximum Gasteiger partial charge on any atom is 0.257 e. The van der Waals surface area contributed by atoms with Crippen LogP contribution in [0.3, 0.4) is 0 Å². The van der Waals surface area contributed by atoms with Gasteiger partial charge in [-0.2, -0.15) is 0 Å². The number of carbonyl (C=O) groups is 1. The normalized spacial score (nSPS) is 23.4. The van der Waals surface area contributed by atoms with Crippen molar-refractivity contribution >= 4 is 18.3 Å². The Morgan fingerprint density at radius 1 is 1.32 bits per heavy atom. The van der Waals surface area contributed by atoms with E-state index in [1.165, 1.54) is 12.8 Å². The van der Waals surface area contributed by atoms with Gasteiger partial charge in [-0.25, -0.2) is 0 Å². The lowest BCUT2D eigenvalue weighted by Crippen LogP contribution is -2.39. The number of rotatable bonds is 4. The van der Waals surface area contributed by atoms with Crippen LogP contribution >= 0.6 is 12.4 Å². The minimum Gasteiger partial charge on any atom is -0.489 e. The van der Waals surface area contributed by atoms with Crippen LogP contribution in [0.2, 0.25) is 0 Å². The Hall–Kier alpha value is -1.52. The van der Waals surface area contributed by atoms with E-state index in [2.05, 4.69) is 11.9 Å². The number of ether oxygens (including phenoxy) is 1. The van der Waals surface area contributed by atoms with Gasteiger partial charge >= 0.3 is 0 Å². The molecule has 2 saturated heterocycles. The van der Waals surface area contributed by atoms with Crippen molar-refractivity contribution in [3.63, 3.8) is 0 Å². The fourth-order valence-corrected chi connectivity index (χ4v) is 3.22. The van der Waals surface area contributed by atoms with Crippen LogP contribution in [0.4, 0.5) is 0 Å². The number of para-hydroxylation sites is 1. The topological polar surface area (TPSA) is 41.6 Å². The average Bonchev–Trinajstić information content (AvgIpc) is 2.84. The molecule has 2 heterocycles. The predicted molar refractivity (Wildman–Crippen MR) is 89.8 cm³/mol. The molecule has 2 unspecified atom stereocenters. The molecule has 2 aliphatic heterocycles. The molecule has 1 aromatic carbocycles. The molecule has 3 rings (SSSR count). The van der Waals surface area contributed by atoms with E-state index in [4.69, 9.17) is 4.74 Å². The second-order valence-corrected chi connectivity index (χ2v) is 5.77. The summed E-state index contributed by atoms with van der Waals surface area (Å²) in [5.74, 6) is 0.716. The summed E-state index contributed by atoms with van der Waals surface area (Å²) in [7, 11) is 0. The van der Waals surface area contributed by atoms with Crippen molar-refractivity contribution < 1.29 is 9.53 Å². The smallest absolute Gasteiger partial charge is 0.257 e. The highest BCUT2D eigenvalue weighted by atomic mass is 35.5. The fourth-order valence-electron chi connectivity index (χ4n) is 3.22.